The van der Waals surface area contributed by atoms with Crippen LogP contribution >= 0.6 is 11.3 Å². The standard InChI is InChI=1S/C10H8.C7H8.C5H5N.C4H4O.C4H4S.17C2H6.4CH4/c1-2-6-10-8-4-3-7-9(10)5-1;1-7-5-3-2-4-6-7;1-2-4-6-5-3-1;2*1-2-4-5-3-1;17*1-2;;;;/h1-8H;2-6H,1H3;1-5H;2*1-4H;17*1-2H3;4*1H4. The SMILES string of the molecule is C.C.C.C.CC.CC.CC.CC.CC.CC.CC.CC.CC.CC.CC.CC.CC.CC.CC.CC.CC.Cc1ccccc1.c1ccc2ccccc2c1.c1ccncc1.c1ccoc1.c1ccsc1. The highest BCUT2D eigenvalue weighted by molar-refractivity contribution is 7.07. The second-order valence-electron chi connectivity index (χ2n) is 6.61. The minimum Gasteiger partial charge on any atom is -0.473 e. The van der Waals surface area contributed by atoms with Gasteiger partial charge in [0.15, 0.2) is 0 Å². The molecule has 3 heteroatoms. The van der Waals surface area contributed by atoms with E-state index in [-0.39, 0.29) is 29.7 Å². The zero-order chi connectivity index (χ0) is 57.2. The van der Waals surface area contributed by atoms with E-state index in [9.17, 15) is 0 Å². The molecule has 0 amide bonds. The minimum atomic E-state index is 0. The van der Waals surface area contributed by atoms with E-state index in [2.05, 4.69) is 77.0 Å². The van der Waals surface area contributed by atoms with Crippen LogP contribution in [0.2, 0.25) is 0 Å². The smallest absolute Gasteiger partial charge is 0.0902 e. The lowest BCUT2D eigenvalue weighted by Crippen LogP contribution is -1.67. The van der Waals surface area contributed by atoms with E-state index in [1.807, 2.05) is 307 Å². The Labute approximate surface area is 463 Å². The molecule has 6 rings (SSSR count). The lowest BCUT2D eigenvalue weighted by Gasteiger charge is -1.92. The second kappa shape index (κ2) is 241. The molecule has 0 atom stereocenters. The number of benzene rings is 3. The van der Waals surface area contributed by atoms with Gasteiger partial charge in [0.05, 0.1) is 12.5 Å². The first kappa shape index (κ1) is 132. The van der Waals surface area contributed by atoms with E-state index in [0.29, 0.717) is 0 Å². The maximum atomic E-state index is 4.58. The molecule has 0 aliphatic carbocycles. The summed E-state index contributed by atoms with van der Waals surface area (Å²) >= 11 is 1.71. The first-order valence-electron chi connectivity index (χ1n) is 27.6. The Kier molecular flexibility index (Phi) is 449. The molecule has 0 bridgehead atoms. The molecule has 3 aromatic heterocycles. The summed E-state index contributed by atoms with van der Waals surface area (Å²) in [5.74, 6) is 0. The predicted octanol–water partition coefficient (Wildman–Crippen LogP) is 28.9. The zero-order valence-corrected chi connectivity index (χ0v) is 53.6. The van der Waals surface area contributed by atoms with Gasteiger partial charge >= 0.3 is 0 Å². The van der Waals surface area contributed by atoms with E-state index in [4.69, 9.17) is 0 Å². The molecule has 0 radical (unpaired) electrons. The second-order valence-corrected chi connectivity index (χ2v) is 7.43. The Bertz CT molecular complexity index is 1010. The summed E-state index contributed by atoms with van der Waals surface area (Å²) in [6, 6.07) is 40.4. The molecule has 0 spiro atoms. The predicted molar refractivity (Wildman–Crippen MR) is 362 cm³/mol. The molecule has 0 fully saturated rings. The average Bonchev–Trinajstić information content (AvgIpc) is 4.31. The van der Waals surface area contributed by atoms with Crippen molar-refractivity contribution >= 4 is 22.1 Å². The van der Waals surface area contributed by atoms with Crippen molar-refractivity contribution in [3.05, 3.63) is 163 Å². The number of hydrogen-bond acceptors (Lipinski definition) is 3. The fourth-order valence-corrected chi connectivity index (χ4v) is 2.89. The topological polar surface area (TPSA) is 26.0 Å². The van der Waals surface area contributed by atoms with Gasteiger partial charge in [0.25, 0.3) is 0 Å². The average molecular weight is 1030 g/mol. The monoisotopic (exact) mass is 1030 g/mol. The number of nitrogens with zero attached hydrogens (tertiary/aromatic N) is 1. The van der Waals surface area contributed by atoms with E-state index in [1.165, 1.54) is 16.3 Å². The van der Waals surface area contributed by atoms with Crippen LogP contribution in [0.15, 0.2) is 161 Å². The fraction of sp³-hybridized carbons (Fsp3) is 0.574. The Balaban J connectivity index is -0.0000000221. The van der Waals surface area contributed by atoms with Gasteiger partial charge in [-0.3, -0.25) is 4.98 Å². The van der Waals surface area contributed by atoms with Crippen molar-refractivity contribution in [2.75, 3.05) is 0 Å². The van der Waals surface area contributed by atoms with Gasteiger partial charge in [-0.2, -0.15) is 11.3 Å². The largest absolute Gasteiger partial charge is 0.473 e. The van der Waals surface area contributed by atoms with Gasteiger partial charge < -0.3 is 4.42 Å². The van der Waals surface area contributed by atoms with Gasteiger partial charge in [0.1, 0.15) is 0 Å². The van der Waals surface area contributed by atoms with Crippen molar-refractivity contribution in [3.8, 4) is 0 Å². The molecule has 2 nitrogen and oxygen atoms in total. The van der Waals surface area contributed by atoms with E-state index in [0.717, 1.165) is 0 Å². The van der Waals surface area contributed by atoms with Crippen LogP contribution in [0.4, 0.5) is 0 Å². The fourth-order valence-electron chi connectivity index (χ4n) is 2.43. The maximum Gasteiger partial charge on any atom is 0.0902 e. The number of pyridine rings is 1. The summed E-state index contributed by atoms with van der Waals surface area (Å²) in [5, 5.41) is 6.70. The highest BCUT2D eigenvalue weighted by atomic mass is 32.1. The first-order valence-corrected chi connectivity index (χ1v) is 28.6. The number of rotatable bonds is 0. The van der Waals surface area contributed by atoms with Crippen LogP contribution in [0, 0.1) is 6.92 Å². The highest BCUT2D eigenvalue weighted by Crippen LogP contribution is 2.11. The molecule has 0 saturated heterocycles. The van der Waals surface area contributed by atoms with Crippen LogP contribution in [-0.4, -0.2) is 4.98 Å². The van der Waals surface area contributed by atoms with Crippen LogP contribution in [0.5, 0.6) is 0 Å². The van der Waals surface area contributed by atoms with Crippen LogP contribution in [0.1, 0.15) is 271 Å². The molecule has 0 saturated carbocycles. The molecule has 436 valence electrons. The van der Waals surface area contributed by atoms with E-state index in [1.54, 1.807) is 36.3 Å². The maximum absolute atomic E-state index is 4.58. The summed E-state index contributed by atoms with van der Waals surface area (Å²) in [6.07, 6.45) is 6.75. The Morgan fingerprint density at radius 1 is 0.268 bits per heavy atom. The molecule has 0 unspecified atom stereocenters. The Hall–Kier alpha value is -3.95. The Morgan fingerprint density at radius 2 is 0.479 bits per heavy atom. The van der Waals surface area contributed by atoms with Crippen molar-refractivity contribution in [2.45, 2.75) is 272 Å². The first-order chi connectivity index (χ1) is 33.4. The molecular formula is C68H147NOS. The molecule has 0 aliphatic rings. The van der Waals surface area contributed by atoms with Gasteiger partial charge in [-0.25, -0.2) is 0 Å². The number of hydrogen-bond donors (Lipinski definition) is 0. The van der Waals surface area contributed by atoms with Crippen molar-refractivity contribution in [3.63, 3.8) is 0 Å². The molecular weight excluding hydrogens is 879 g/mol. The van der Waals surface area contributed by atoms with Crippen molar-refractivity contribution in [1.82, 2.24) is 4.98 Å². The lowest BCUT2D eigenvalue weighted by atomic mass is 10.1. The summed E-state index contributed by atoms with van der Waals surface area (Å²) in [7, 11) is 0. The number of furan rings is 1. The Morgan fingerprint density at radius 3 is 0.592 bits per heavy atom. The lowest BCUT2D eigenvalue weighted by molar-refractivity contribution is 0.567. The summed E-state index contributed by atoms with van der Waals surface area (Å²) in [5.41, 5.74) is 1.32. The number of fused-ring (bicyclic) bond motifs is 1. The third-order valence-electron chi connectivity index (χ3n) is 4.02. The summed E-state index contributed by atoms with van der Waals surface area (Å²) in [6.45, 7) is 70.1. The molecule has 3 heterocycles. The molecule has 71 heavy (non-hydrogen) atoms. The van der Waals surface area contributed by atoms with Crippen molar-refractivity contribution in [1.29, 1.82) is 0 Å². The van der Waals surface area contributed by atoms with E-state index < -0.39 is 0 Å². The van der Waals surface area contributed by atoms with E-state index >= 15 is 0 Å². The van der Waals surface area contributed by atoms with Gasteiger partial charge in [0.2, 0.25) is 0 Å². The van der Waals surface area contributed by atoms with Crippen LogP contribution in [0.25, 0.3) is 10.8 Å². The van der Waals surface area contributed by atoms with Crippen LogP contribution < -0.4 is 0 Å². The van der Waals surface area contributed by atoms with Crippen molar-refractivity contribution < 1.29 is 4.42 Å². The van der Waals surface area contributed by atoms with Gasteiger partial charge in [-0.05, 0) is 52.7 Å². The summed E-state index contributed by atoms with van der Waals surface area (Å²) < 4.78 is 4.58. The van der Waals surface area contributed by atoms with Crippen molar-refractivity contribution in [2.24, 2.45) is 0 Å². The van der Waals surface area contributed by atoms with Gasteiger partial charge in [-0.15, -0.1) is 0 Å². The minimum absolute atomic E-state index is 0. The third-order valence-corrected chi connectivity index (χ3v) is 4.64. The quantitative estimate of drug-likeness (QED) is 0.152. The van der Waals surface area contributed by atoms with Gasteiger partial charge in [-0.1, -0.05) is 368 Å². The molecule has 6 aromatic rings. The molecule has 0 N–H and O–H groups in total. The molecule has 0 aliphatic heterocycles. The van der Waals surface area contributed by atoms with Gasteiger partial charge in [0, 0.05) is 12.4 Å². The number of aryl methyl sites for hydroxylation is 1. The highest BCUT2D eigenvalue weighted by Gasteiger charge is 1.85. The number of thiophene rings is 1. The molecule has 3 aromatic carbocycles. The summed E-state index contributed by atoms with van der Waals surface area (Å²) in [4.78, 5) is 3.78. The van der Waals surface area contributed by atoms with Crippen LogP contribution in [0.3, 0.4) is 0 Å². The zero-order valence-electron chi connectivity index (χ0n) is 52.8. The number of aromatic nitrogens is 1. The third kappa shape index (κ3) is 187. The van der Waals surface area contributed by atoms with Crippen LogP contribution in [-0.2, 0) is 0 Å². The normalized spacial score (nSPS) is 5.51.